The number of benzene rings is 1. The lowest BCUT2D eigenvalue weighted by atomic mass is 9.95. The minimum absolute atomic E-state index is 0.0319. The quantitative estimate of drug-likeness (QED) is 0.671. The standard InChI is InChI=1S/C23H28N4OS/c28-22-21-18-11-12-27(14-16-7-3-1-4-8-16)15-19(18)29-23(21)26-20(25-22)13-24-17-9-5-2-6-10-17/h1,3-4,7-8,17,24H,2,5-6,9-15H2,(H,25,26,28). The van der Waals surface area contributed by atoms with Gasteiger partial charge in [-0.05, 0) is 30.4 Å². The highest BCUT2D eigenvalue weighted by Gasteiger charge is 2.24. The Hall–Kier alpha value is -2.02. The van der Waals surface area contributed by atoms with E-state index in [9.17, 15) is 4.79 Å². The molecule has 3 heterocycles. The fourth-order valence-electron chi connectivity index (χ4n) is 4.71. The summed E-state index contributed by atoms with van der Waals surface area (Å²) in [6.07, 6.45) is 7.34. The van der Waals surface area contributed by atoms with E-state index in [1.807, 2.05) is 0 Å². The lowest BCUT2D eigenvalue weighted by Crippen LogP contribution is -2.32. The van der Waals surface area contributed by atoms with Crippen molar-refractivity contribution >= 4 is 21.6 Å². The summed E-state index contributed by atoms with van der Waals surface area (Å²) in [5.74, 6) is 0.771. The summed E-state index contributed by atoms with van der Waals surface area (Å²) >= 11 is 1.70. The summed E-state index contributed by atoms with van der Waals surface area (Å²) in [6.45, 7) is 3.49. The molecule has 152 valence electrons. The van der Waals surface area contributed by atoms with Gasteiger partial charge in [0.05, 0.1) is 11.9 Å². The first kappa shape index (κ1) is 19.0. The maximum atomic E-state index is 12.8. The van der Waals surface area contributed by atoms with Crippen molar-refractivity contribution in [1.82, 2.24) is 20.2 Å². The number of thiophene rings is 1. The first-order chi connectivity index (χ1) is 14.3. The zero-order chi connectivity index (χ0) is 19.6. The van der Waals surface area contributed by atoms with E-state index in [2.05, 4.69) is 45.5 Å². The Labute approximate surface area is 175 Å². The fraction of sp³-hybridized carbons (Fsp3) is 0.478. The zero-order valence-electron chi connectivity index (χ0n) is 16.7. The Balaban J connectivity index is 1.33. The van der Waals surface area contributed by atoms with E-state index in [4.69, 9.17) is 4.98 Å². The van der Waals surface area contributed by atoms with Crippen LogP contribution in [0.15, 0.2) is 35.1 Å². The summed E-state index contributed by atoms with van der Waals surface area (Å²) in [5.41, 5.74) is 2.59. The van der Waals surface area contributed by atoms with Crippen LogP contribution in [0, 0.1) is 0 Å². The van der Waals surface area contributed by atoms with Crippen molar-refractivity contribution in [1.29, 1.82) is 0 Å². The highest BCUT2D eigenvalue weighted by Crippen LogP contribution is 2.32. The molecule has 0 radical (unpaired) electrons. The van der Waals surface area contributed by atoms with Crippen molar-refractivity contribution in [2.45, 2.75) is 64.2 Å². The molecule has 1 saturated carbocycles. The molecule has 1 aromatic carbocycles. The molecule has 5 nitrogen and oxygen atoms in total. The van der Waals surface area contributed by atoms with Crippen molar-refractivity contribution < 1.29 is 0 Å². The molecule has 0 amide bonds. The number of hydrogen-bond acceptors (Lipinski definition) is 5. The van der Waals surface area contributed by atoms with Crippen LogP contribution < -0.4 is 10.9 Å². The van der Waals surface area contributed by atoms with Crippen LogP contribution in [0.5, 0.6) is 0 Å². The molecule has 1 fully saturated rings. The summed E-state index contributed by atoms with van der Waals surface area (Å²) in [7, 11) is 0. The minimum atomic E-state index is 0.0319. The van der Waals surface area contributed by atoms with E-state index in [1.54, 1.807) is 11.3 Å². The first-order valence-electron chi connectivity index (χ1n) is 10.8. The number of H-pyrrole nitrogens is 1. The summed E-state index contributed by atoms with van der Waals surface area (Å²) in [5, 5.41) is 4.41. The number of nitrogens with zero attached hydrogens (tertiary/aromatic N) is 2. The second-order valence-electron chi connectivity index (χ2n) is 8.36. The SMILES string of the molecule is O=c1[nH]c(CNC2CCCCC2)nc2sc3c(c12)CCN(Cc1ccccc1)C3. The molecular formula is C23H28N4OS. The number of rotatable bonds is 5. The van der Waals surface area contributed by atoms with Crippen LogP contribution in [0.4, 0.5) is 0 Å². The van der Waals surface area contributed by atoms with Gasteiger partial charge in [-0.2, -0.15) is 0 Å². The molecular weight excluding hydrogens is 380 g/mol. The van der Waals surface area contributed by atoms with Gasteiger partial charge >= 0.3 is 0 Å². The van der Waals surface area contributed by atoms with E-state index < -0.39 is 0 Å². The molecule has 5 rings (SSSR count). The molecule has 0 atom stereocenters. The van der Waals surface area contributed by atoms with Crippen LogP contribution in [0.25, 0.3) is 10.2 Å². The van der Waals surface area contributed by atoms with Gasteiger partial charge in [-0.1, -0.05) is 49.6 Å². The topological polar surface area (TPSA) is 61.0 Å². The number of nitrogens with one attached hydrogen (secondary N) is 2. The van der Waals surface area contributed by atoms with Gasteiger partial charge in [0.2, 0.25) is 0 Å². The smallest absolute Gasteiger partial charge is 0.259 e. The van der Waals surface area contributed by atoms with Crippen molar-refractivity contribution in [3.8, 4) is 0 Å². The fourth-order valence-corrected chi connectivity index (χ4v) is 5.99. The normalized spacial score (nSPS) is 18.2. The second kappa shape index (κ2) is 8.38. The van der Waals surface area contributed by atoms with Crippen LogP contribution in [-0.2, 0) is 26.1 Å². The molecule has 0 spiro atoms. The number of aromatic amines is 1. The van der Waals surface area contributed by atoms with Gasteiger partial charge in [0.15, 0.2) is 0 Å². The zero-order valence-corrected chi connectivity index (χ0v) is 17.6. The van der Waals surface area contributed by atoms with Crippen molar-refractivity contribution in [2.24, 2.45) is 0 Å². The Morgan fingerprint density at radius 3 is 2.83 bits per heavy atom. The summed E-state index contributed by atoms with van der Waals surface area (Å²) in [6, 6.07) is 11.2. The van der Waals surface area contributed by atoms with Gasteiger partial charge in [-0.15, -0.1) is 11.3 Å². The lowest BCUT2D eigenvalue weighted by Gasteiger charge is -2.26. The average molecular weight is 409 g/mol. The van der Waals surface area contributed by atoms with E-state index in [1.165, 1.54) is 48.1 Å². The minimum Gasteiger partial charge on any atom is -0.309 e. The number of fused-ring (bicyclic) bond motifs is 3. The summed E-state index contributed by atoms with van der Waals surface area (Å²) < 4.78 is 0. The second-order valence-corrected chi connectivity index (χ2v) is 9.44. The first-order valence-corrected chi connectivity index (χ1v) is 11.6. The molecule has 2 N–H and O–H groups in total. The predicted molar refractivity (Wildman–Crippen MR) is 118 cm³/mol. The maximum absolute atomic E-state index is 12.8. The van der Waals surface area contributed by atoms with Crippen LogP contribution >= 0.6 is 11.3 Å². The van der Waals surface area contributed by atoms with E-state index in [0.717, 1.165) is 42.1 Å². The molecule has 1 aliphatic heterocycles. The third-order valence-corrected chi connectivity index (χ3v) is 7.36. The van der Waals surface area contributed by atoms with Crippen molar-refractivity contribution in [2.75, 3.05) is 6.54 Å². The van der Waals surface area contributed by atoms with E-state index in [0.29, 0.717) is 12.6 Å². The molecule has 29 heavy (non-hydrogen) atoms. The van der Waals surface area contributed by atoms with E-state index in [-0.39, 0.29) is 5.56 Å². The highest BCUT2D eigenvalue weighted by molar-refractivity contribution is 7.18. The van der Waals surface area contributed by atoms with Gasteiger partial charge < -0.3 is 10.3 Å². The van der Waals surface area contributed by atoms with Crippen LogP contribution in [0.2, 0.25) is 0 Å². The number of aromatic nitrogens is 2. The molecule has 3 aromatic rings. The van der Waals surface area contributed by atoms with E-state index >= 15 is 0 Å². The third-order valence-electron chi connectivity index (χ3n) is 6.25. The highest BCUT2D eigenvalue weighted by atomic mass is 32.1. The molecule has 6 heteroatoms. The Morgan fingerprint density at radius 2 is 2.00 bits per heavy atom. The van der Waals surface area contributed by atoms with Crippen LogP contribution in [0.3, 0.4) is 0 Å². The van der Waals surface area contributed by atoms with Crippen molar-refractivity contribution in [3.63, 3.8) is 0 Å². The van der Waals surface area contributed by atoms with Crippen LogP contribution in [-0.4, -0.2) is 27.5 Å². The maximum Gasteiger partial charge on any atom is 0.259 e. The van der Waals surface area contributed by atoms with Gasteiger partial charge in [-0.25, -0.2) is 4.98 Å². The number of hydrogen-bond donors (Lipinski definition) is 2. The van der Waals surface area contributed by atoms with Gasteiger partial charge in [0, 0.05) is 30.6 Å². The molecule has 0 bridgehead atoms. The van der Waals surface area contributed by atoms with Gasteiger partial charge in [-0.3, -0.25) is 9.69 Å². The largest absolute Gasteiger partial charge is 0.309 e. The van der Waals surface area contributed by atoms with Crippen LogP contribution in [0.1, 0.15) is 53.9 Å². The predicted octanol–water partition coefficient (Wildman–Crippen LogP) is 3.97. The molecule has 0 unspecified atom stereocenters. The Kier molecular flexibility index (Phi) is 5.48. The third kappa shape index (κ3) is 4.15. The molecule has 1 aliphatic carbocycles. The van der Waals surface area contributed by atoms with Gasteiger partial charge in [0.25, 0.3) is 5.56 Å². The molecule has 0 saturated heterocycles. The molecule has 2 aliphatic rings. The monoisotopic (exact) mass is 408 g/mol. The summed E-state index contributed by atoms with van der Waals surface area (Å²) in [4.78, 5) is 25.4. The Morgan fingerprint density at radius 1 is 1.17 bits per heavy atom. The van der Waals surface area contributed by atoms with Crippen molar-refractivity contribution in [3.05, 3.63) is 62.5 Å². The average Bonchev–Trinajstić information content (AvgIpc) is 3.12. The Bertz CT molecular complexity index is 1040. The lowest BCUT2D eigenvalue weighted by molar-refractivity contribution is 0.249. The van der Waals surface area contributed by atoms with Gasteiger partial charge in [0.1, 0.15) is 10.7 Å². The molecule has 2 aromatic heterocycles.